The Morgan fingerprint density at radius 2 is 1.69 bits per heavy atom. The van der Waals surface area contributed by atoms with Gasteiger partial charge in [-0.3, -0.25) is 4.79 Å². The zero-order valence-electron chi connectivity index (χ0n) is 15.6. The van der Waals surface area contributed by atoms with Crippen LogP contribution in [0, 0.1) is 0 Å². The number of carboxylic acids is 1. The molecule has 0 fully saturated rings. The van der Waals surface area contributed by atoms with Crippen LogP contribution in [0.4, 0.5) is 4.79 Å². The Labute approximate surface area is 172 Å². The molecule has 2 aromatic carbocycles. The van der Waals surface area contributed by atoms with Crippen LogP contribution in [0.1, 0.15) is 28.3 Å². The molecule has 2 rings (SSSR count). The molecule has 9 heteroatoms. The smallest absolute Gasteiger partial charge is 0.410 e. The summed E-state index contributed by atoms with van der Waals surface area (Å²) in [6, 6.07) is 12.7. The third kappa shape index (κ3) is 7.00. The van der Waals surface area contributed by atoms with E-state index >= 15 is 0 Å². The number of hydrogen-bond donors (Lipinski definition) is 2. The number of rotatable bonds is 9. The van der Waals surface area contributed by atoms with E-state index in [1.807, 2.05) is 0 Å². The van der Waals surface area contributed by atoms with E-state index in [0.29, 0.717) is 16.3 Å². The molecule has 0 aliphatic carbocycles. The van der Waals surface area contributed by atoms with E-state index in [1.54, 1.807) is 36.4 Å². The Morgan fingerprint density at radius 1 is 1.03 bits per heavy atom. The maximum Gasteiger partial charge on any atom is 0.410 e. The molecule has 0 saturated carbocycles. The predicted molar refractivity (Wildman–Crippen MR) is 104 cm³/mol. The highest BCUT2D eigenvalue weighted by molar-refractivity contribution is 6.30. The minimum absolute atomic E-state index is 0.0604. The average Bonchev–Trinajstić information content (AvgIpc) is 2.72. The van der Waals surface area contributed by atoms with E-state index in [9.17, 15) is 19.5 Å². The third-order valence-electron chi connectivity index (χ3n) is 3.98. The van der Waals surface area contributed by atoms with Crippen LogP contribution in [0.5, 0.6) is 5.75 Å². The number of carbonyl (C=O) groups excluding carboxylic acids is 2. The number of carboxylic acid groups (broad SMARTS) is 1. The Morgan fingerprint density at radius 3 is 2.28 bits per heavy atom. The molecule has 0 radical (unpaired) electrons. The minimum Gasteiger partial charge on any atom is -0.497 e. The number of amides is 1. The summed E-state index contributed by atoms with van der Waals surface area (Å²) in [7, 11) is 1.51. The summed E-state index contributed by atoms with van der Waals surface area (Å²) >= 11 is 5.80. The summed E-state index contributed by atoms with van der Waals surface area (Å²) in [5.41, 5.74) is 0.854. The first kappa shape index (κ1) is 22.0. The number of alkyl carbamates (subject to hydrolysis) is 1. The van der Waals surface area contributed by atoms with Gasteiger partial charge in [0.25, 0.3) is 0 Å². The molecule has 0 saturated heterocycles. The molecule has 1 atom stereocenters. The van der Waals surface area contributed by atoms with Gasteiger partial charge in [0.1, 0.15) is 5.75 Å². The van der Waals surface area contributed by atoms with Crippen molar-refractivity contribution in [2.45, 2.75) is 12.3 Å². The maximum atomic E-state index is 11.8. The Kier molecular flexibility index (Phi) is 8.29. The van der Waals surface area contributed by atoms with E-state index in [2.05, 4.69) is 5.32 Å². The predicted octanol–water partition coefficient (Wildman–Crippen LogP) is 3.45. The van der Waals surface area contributed by atoms with Crippen molar-refractivity contribution in [1.29, 1.82) is 0 Å². The van der Waals surface area contributed by atoms with Gasteiger partial charge < -0.3 is 24.6 Å². The molecule has 0 aliphatic heterocycles. The van der Waals surface area contributed by atoms with E-state index in [1.165, 1.54) is 19.2 Å². The molecule has 29 heavy (non-hydrogen) atoms. The second kappa shape index (κ2) is 10.9. The molecule has 2 N–H and O–H groups in total. The zero-order chi connectivity index (χ0) is 21.2. The van der Waals surface area contributed by atoms with E-state index in [-0.39, 0.29) is 18.5 Å². The Hall–Kier alpha value is -3.26. The number of halogens is 1. The van der Waals surface area contributed by atoms with Crippen molar-refractivity contribution in [1.82, 2.24) is 5.32 Å². The summed E-state index contributed by atoms with van der Waals surface area (Å²) in [4.78, 5) is 34.9. The molecule has 0 bridgehead atoms. The number of carbonyl (C=O) groups is 3. The molecule has 0 heterocycles. The van der Waals surface area contributed by atoms with E-state index < -0.39 is 30.7 Å². The monoisotopic (exact) mass is 421 g/mol. The van der Waals surface area contributed by atoms with Gasteiger partial charge in [-0.1, -0.05) is 23.7 Å². The first-order valence-corrected chi connectivity index (χ1v) is 8.98. The lowest BCUT2D eigenvalue weighted by atomic mass is 9.96. The van der Waals surface area contributed by atoms with Gasteiger partial charge in [-0.2, -0.15) is 0 Å². The molecule has 8 nitrogen and oxygen atoms in total. The second-order valence-corrected chi connectivity index (χ2v) is 6.30. The van der Waals surface area contributed by atoms with Crippen LogP contribution < -0.4 is 10.1 Å². The molecule has 1 unspecified atom stereocenters. The van der Waals surface area contributed by atoms with Crippen molar-refractivity contribution in [3.8, 4) is 5.75 Å². The summed E-state index contributed by atoms with van der Waals surface area (Å²) in [5, 5.41) is 12.3. The molecule has 0 aliphatic rings. The van der Waals surface area contributed by atoms with Gasteiger partial charge in [0, 0.05) is 11.6 Å². The van der Waals surface area contributed by atoms with Crippen molar-refractivity contribution in [2.24, 2.45) is 0 Å². The molecule has 2 aromatic rings. The molecule has 154 valence electrons. The molecular formula is C20H20ClNO7. The quantitative estimate of drug-likeness (QED) is 0.471. The highest BCUT2D eigenvalue weighted by atomic mass is 35.5. The fourth-order valence-electron chi connectivity index (χ4n) is 2.44. The zero-order valence-corrected chi connectivity index (χ0v) is 16.3. The van der Waals surface area contributed by atoms with Crippen LogP contribution in [-0.4, -0.2) is 43.6 Å². The lowest BCUT2D eigenvalue weighted by molar-refractivity contribution is -0.139. The number of esters is 1. The number of ether oxygens (including phenoxy) is 3. The van der Waals surface area contributed by atoms with Crippen LogP contribution in [-0.2, 0) is 14.3 Å². The number of methoxy groups -OCH3 is 1. The average molecular weight is 422 g/mol. The van der Waals surface area contributed by atoms with Gasteiger partial charge in [0.05, 0.1) is 18.6 Å². The van der Waals surface area contributed by atoms with Crippen molar-refractivity contribution in [2.75, 3.05) is 20.4 Å². The largest absolute Gasteiger partial charge is 0.497 e. The van der Waals surface area contributed by atoms with Gasteiger partial charge in [-0.25, -0.2) is 9.59 Å². The Balaban J connectivity index is 1.72. The molecule has 0 aromatic heterocycles. The molecular weight excluding hydrogens is 402 g/mol. The van der Waals surface area contributed by atoms with Gasteiger partial charge in [0.15, 0.2) is 0 Å². The van der Waals surface area contributed by atoms with Crippen molar-refractivity contribution < 1.29 is 33.7 Å². The third-order valence-corrected chi connectivity index (χ3v) is 4.23. The normalized spacial score (nSPS) is 11.2. The lowest BCUT2D eigenvalue weighted by Gasteiger charge is -2.13. The van der Waals surface area contributed by atoms with Gasteiger partial charge in [-0.05, 0) is 48.4 Å². The fraction of sp³-hybridized carbons (Fsp3) is 0.250. The Bertz CT molecular complexity index is 837. The second-order valence-electron chi connectivity index (χ2n) is 5.87. The van der Waals surface area contributed by atoms with Crippen LogP contribution in [0.15, 0.2) is 48.5 Å². The number of aliphatic carboxylic acids is 1. The topological polar surface area (TPSA) is 111 Å². The maximum absolute atomic E-state index is 11.8. The number of nitrogens with one attached hydrogen (secondary N) is 1. The minimum atomic E-state index is -1.02. The molecule has 1 amide bonds. The van der Waals surface area contributed by atoms with Crippen LogP contribution in [0.2, 0.25) is 5.02 Å². The SMILES string of the molecule is COc1ccc(C(=O)OCOC(=O)NCCC(C(=O)O)c2ccc(Cl)cc2)cc1. The van der Waals surface area contributed by atoms with Crippen LogP contribution >= 0.6 is 11.6 Å². The van der Waals surface area contributed by atoms with Gasteiger partial charge in [0.2, 0.25) is 6.79 Å². The first-order chi connectivity index (χ1) is 13.9. The van der Waals surface area contributed by atoms with Gasteiger partial charge in [-0.15, -0.1) is 0 Å². The fourth-order valence-corrected chi connectivity index (χ4v) is 2.57. The first-order valence-electron chi connectivity index (χ1n) is 8.60. The van der Waals surface area contributed by atoms with Gasteiger partial charge >= 0.3 is 18.0 Å². The molecule has 0 spiro atoms. The standard InChI is InChI=1S/C20H20ClNO7/c1-27-16-8-4-14(5-9-16)19(25)28-12-29-20(26)22-11-10-17(18(23)24)13-2-6-15(21)7-3-13/h2-9,17H,10-12H2,1H3,(H,22,26)(H,23,24). The highest BCUT2D eigenvalue weighted by Crippen LogP contribution is 2.21. The van der Waals surface area contributed by atoms with Crippen molar-refractivity contribution in [3.63, 3.8) is 0 Å². The van der Waals surface area contributed by atoms with Crippen LogP contribution in [0.3, 0.4) is 0 Å². The summed E-state index contributed by atoms with van der Waals surface area (Å²) in [6.45, 7) is -0.513. The van der Waals surface area contributed by atoms with Crippen molar-refractivity contribution in [3.05, 3.63) is 64.7 Å². The highest BCUT2D eigenvalue weighted by Gasteiger charge is 2.20. The summed E-state index contributed by atoms with van der Waals surface area (Å²) in [6.07, 6.45) is -0.676. The van der Waals surface area contributed by atoms with E-state index in [0.717, 1.165) is 0 Å². The van der Waals surface area contributed by atoms with E-state index in [4.69, 9.17) is 25.8 Å². The van der Waals surface area contributed by atoms with Crippen LogP contribution in [0.25, 0.3) is 0 Å². The lowest BCUT2D eigenvalue weighted by Crippen LogP contribution is -2.28. The van der Waals surface area contributed by atoms with Crippen molar-refractivity contribution >= 4 is 29.6 Å². The number of hydrogen-bond acceptors (Lipinski definition) is 6. The summed E-state index contributed by atoms with van der Waals surface area (Å²) < 4.78 is 14.6. The number of benzene rings is 2. The summed E-state index contributed by atoms with van der Waals surface area (Å²) in [5.74, 6) is -1.89.